The molecule has 4 rings (SSSR count). The number of fused-ring (bicyclic) bond motifs is 2. The number of benzene rings is 2. The van der Waals surface area contributed by atoms with Crippen molar-refractivity contribution in [2.45, 2.75) is 46.1 Å². The van der Waals surface area contributed by atoms with Gasteiger partial charge in [-0.2, -0.15) is 0 Å². The zero-order valence-corrected chi connectivity index (χ0v) is 16.7. The molecule has 0 spiro atoms. The molecule has 28 heavy (non-hydrogen) atoms. The Morgan fingerprint density at radius 3 is 2.14 bits per heavy atom. The van der Waals surface area contributed by atoms with Crippen LogP contribution in [0.25, 0.3) is 0 Å². The number of carbonyl (C=O) groups excluding carboxylic acids is 2. The maximum atomic E-state index is 13.4. The van der Waals surface area contributed by atoms with Gasteiger partial charge in [-0.05, 0) is 36.8 Å². The Kier molecular flexibility index (Phi) is 4.76. The van der Waals surface area contributed by atoms with Crippen molar-refractivity contribution in [3.05, 3.63) is 93.8 Å². The number of carbonyl (C=O) groups is 2. The first-order valence-electron chi connectivity index (χ1n) is 9.99. The topological polar surface area (TPSA) is 39.1 Å². The third-order valence-electron chi connectivity index (χ3n) is 5.83. The highest BCUT2D eigenvalue weighted by Crippen LogP contribution is 2.36. The molecule has 0 radical (unpaired) electrons. The second-order valence-electron chi connectivity index (χ2n) is 7.66. The molecule has 0 amide bonds. The van der Waals surface area contributed by atoms with Gasteiger partial charge in [0.2, 0.25) is 5.78 Å². The fraction of sp³-hybridized carbons (Fsp3) is 0.280. The van der Waals surface area contributed by atoms with Gasteiger partial charge >= 0.3 is 0 Å². The Balaban J connectivity index is 1.87. The first kappa shape index (κ1) is 18.4. The van der Waals surface area contributed by atoms with Gasteiger partial charge in [0.25, 0.3) is 0 Å². The zero-order chi connectivity index (χ0) is 19.8. The molecule has 0 saturated carbocycles. The zero-order valence-electron chi connectivity index (χ0n) is 16.7. The molecule has 1 aliphatic carbocycles. The van der Waals surface area contributed by atoms with Crippen molar-refractivity contribution in [1.82, 2.24) is 4.57 Å². The van der Waals surface area contributed by atoms with E-state index in [0.29, 0.717) is 22.4 Å². The van der Waals surface area contributed by atoms with Crippen LogP contribution in [0.2, 0.25) is 0 Å². The van der Waals surface area contributed by atoms with E-state index < -0.39 is 0 Å². The highest BCUT2D eigenvalue weighted by atomic mass is 16.1. The molecule has 3 heteroatoms. The summed E-state index contributed by atoms with van der Waals surface area (Å²) in [6, 6.07) is 17.5. The van der Waals surface area contributed by atoms with Crippen molar-refractivity contribution in [3.8, 4) is 0 Å². The fourth-order valence-electron chi connectivity index (χ4n) is 4.37. The molecule has 0 saturated heterocycles. The van der Waals surface area contributed by atoms with E-state index in [1.54, 1.807) is 12.1 Å². The molecular formula is C25H25NO2. The smallest absolute Gasteiger partial charge is 0.210 e. The Morgan fingerprint density at radius 2 is 1.50 bits per heavy atom. The lowest BCUT2D eigenvalue weighted by Gasteiger charge is -2.18. The molecule has 0 bridgehead atoms. The van der Waals surface area contributed by atoms with Crippen LogP contribution in [0.1, 0.15) is 75.0 Å². The molecule has 1 atom stereocenters. The van der Waals surface area contributed by atoms with Gasteiger partial charge in [0, 0.05) is 23.4 Å². The minimum atomic E-state index is -0.0274. The standard InChI is InChI=1S/C25H25NO2/c1-4-14-26-17(3)21(15-16(2)18-10-6-5-7-11-18)22-23(26)25(28)20-13-9-8-12-19(20)24(22)27/h5-13,16H,4,14-15H2,1-3H3. The van der Waals surface area contributed by atoms with Gasteiger partial charge in [0.15, 0.2) is 5.78 Å². The summed E-state index contributed by atoms with van der Waals surface area (Å²) in [4.78, 5) is 26.7. The predicted molar refractivity (Wildman–Crippen MR) is 111 cm³/mol. The molecule has 0 fully saturated rings. The van der Waals surface area contributed by atoms with Crippen LogP contribution >= 0.6 is 0 Å². The van der Waals surface area contributed by atoms with Crippen LogP contribution in [0.3, 0.4) is 0 Å². The summed E-state index contributed by atoms with van der Waals surface area (Å²) in [6.45, 7) is 7.07. The van der Waals surface area contributed by atoms with Crippen molar-refractivity contribution in [2.75, 3.05) is 0 Å². The van der Waals surface area contributed by atoms with Gasteiger partial charge in [0.1, 0.15) is 5.69 Å². The Hall–Kier alpha value is -2.94. The third kappa shape index (κ3) is 2.82. The molecule has 3 aromatic rings. The van der Waals surface area contributed by atoms with Gasteiger partial charge in [-0.3, -0.25) is 9.59 Å². The van der Waals surface area contributed by atoms with E-state index in [0.717, 1.165) is 30.6 Å². The predicted octanol–water partition coefficient (Wildman–Crippen LogP) is 5.33. The number of hydrogen-bond donors (Lipinski definition) is 0. The first-order valence-corrected chi connectivity index (χ1v) is 9.99. The average molecular weight is 371 g/mol. The Morgan fingerprint density at radius 1 is 0.893 bits per heavy atom. The van der Waals surface area contributed by atoms with E-state index in [-0.39, 0.29) is 17.5 Å². The largest absolute Gasteiger partial charge is 0.341 e. The van der Waals surface area contributed by atoms with Crippen LogP contribution in [0.5, 0.6) is 0 Å². The van der Waals surface area contributed by atoms with Crippen LogP contribution in [-0.4, -0.2) is 16.1 Å². The lowest BCUT2D eigenvalue weighted by atomic mass is 9.83. The molecule has 3 nitrogen and oxygen atoms in total. The maximum absolute atomic E-state index is 13.4. The number of rotatable bonds is 5. The van der Waals surface area contributed by atoms with Crippen molar-refractivity contribution in [2.24, 2.45) is 0 Å². The van der Waals surface area contributed by atoms with Gasteiger partial charge in [0.05, 0.1) is 5.56 Å². The van der Waals surface area contributed by atoms with Gasteiger partial charge in [-0.15, -0.1) is 0 Å². The minimum absolute atomic E-state index is 0.0154. The second kappa shape index (κ2) is 7.23. The summed E-state index contributed by atoms with van der Waals surface area (Å²) in [5.41, 5.74) is 5.57. The molecule has 1 unspecified atom stereocenters. The molecule has 1 aromatic heterocycles. The number of nitrogens with zero attached hydrogens (tertiary/aromatic N) is 1. The van der Waals surface area contributed by atoms with Gasteiger partial charge < -0.3 is 4.57 Å². The highest BCUT2D eigenvalue weighted by molar-refractivity contribution is 6.28. The molecule has 0 aliphatic heterocycles. The second-order valence-corrected chi connectivity index (χ2v) is 7.66. The quantitative estimate of drug-likeness (QED) is 0.476. The summed E-state index contributed by atoms with van der Waals surface area (Å²) in [6.07, 6.45) is 1.66. The van der Waals surface area contributed by atoms with Gasteiger partial charge in [-0.1, -0.05) is 68.4 Å². The lowest BCUT2D eigenvalue weighted by molar-refractivity contribution is 0.0972. The summed E-state index contributed by atoms with van der Waals surface area (Å²) in [5, 5.41) is 0. The highest BCUT2D eigenvalue weighted by Gasteiger charge is 2.36. The summed E-state index contributed by atoms with van der Waals surface area (Å²) in [5.74, 6) is 0.223. The van der Waals surface area contributed by atoms with E-state index in [4.69, 9.17) is 0 Å². The van der Waals surface area contributed by atoms with Crippen molar-refractivity contribution in [1.29, 1.82) is 0 Å². The van der Waals surface area contributed by atoms with E-state index >= 15 is 0 Å². The molecule has 0 N–H and O–H groups in total. The van der Waals surface area contributed by atoms with Crippen molar-refractivity contribution in [3.63, 3.8) is 0 Å². The van der Waals surface area contributed by atoms with Crippen LogP contribution in [0.15, 0.2) is 54.6 Å². The van der Waals surface area contributed by atoms with E-state index in [9.17, 15) is 9.59 Å². The average Bonchev–Trinajstić information content (AvgIpc) is 2.99. The molecular weight excluding hydrogens is 346 g/mol. The summed E-state index contributed by atoms with van der Waals surface area (Å²) < 4.78 is 2.07. The van der Waals surface area contributed by atoms with Crippen molar-refractivity contribution < 1.29 is 9.59 Å². The first-order chi connectivity index (χ1) is 13.5. The molecule has 2 aromatic carbocycles. The SMILES string of the molecule is CCCn1c(C)c(CC(C)c2ccccc2)c2c1C(=O)c1ccccc1C2=O. The van der Waals surface area contributed by atoms with Crippen LogP contribution in [0, 0.1) is 6.92 Å². The summed E-state index contributed by atoms with van der Waals surface area (Å²) >= 11 is 0. The minimum Gasteiger partial charge on any atom is -0.341 e. The maximum Gasteiger partial charge on any atom is 0.210 e. The van der Waals surface area contributed by atoms with Gasteiger partial charge in [-0.25, -0.2) is 0 Å². The number of ketones is 2. The molecule has 142 valence electrons. The number of aromatic nitrogens is 1. The number of hydrogen-bond acceptors (Lipinski definition) is 2. The molecule has 1 heterocycles. The Bertz CT molecular complexity index is 1060. The third-order valence-corrected chi connectivity index (χ3v) is 5.83. The lowest BCUT2D eigenvalue weighted by Crippen LogP contribution is -2.23. The van der Waals surface area contributed by atoms with Crippen LogP contribution in [-0.2, 0) is 13.0 Å². The van der Waals surface area contributed by atoms with Crippen LogP contribution < -0.4 is 0 Å². The van der Waals surface area contributed by atoms with Crippen LogP contribution in [0.4, 0.5) is 0 Å². The molecule has 1 aliphatic rings. The Labute approximate surface area is 166 Å². The van der Waals surface area contributed by atoms with E-state index in [2.05, 4.69) is 30.5 Å². The fourth-order valence-corrected chi connectivity index (χ4v) is 4.37. The van der Waals surface area contributed by atoms with E-state index in [1.807, 2.05) is 37.3 Å². The van der Waals surface area contributed by atoms with E-state index in [1.165, 1.54) is 5.56 Å². The van der Waals surface area contributed by atoms with Crippen molar-refractivity contribution >= 4 is 11.6 Å². The summed E-state index contributed by atoms with van der Waals surface area (Å²) in [7, 11) is 0. The monoisotopic (exact) mass is 371 g/mol. The normalized spacial score (nSPS) is 14.0.